The number of methoxy groups -OCH3 is 1. The number of hydrogen-bond acceptors (Lipinski definition) is 6. The molecule has 0 saturated carbocycles. The number of nitrogens with zero attached hydrogens (tertiary/aromatic N) is 3. The lowest BCUT2D eigenvalue weighted by molar-refractivity contribution is -0.107. The van der Waals surface area contributed by atoms with Gasteiger partial charge in [-0.2, -0.15) is 0 Å². The van der Waals surface area contributed by atoms with Crippen molar-refractivity contribution in [2.75, 3.05) is 34.8 Å². The number of amides is 2. The molecule has 1 aliphatic heterocycles. The van der Waals surface area contributed by atoms with Crippen LogP contribution in [0.5, 0.6) is 0 Å². The fraction of sp³-hybridized carbons (Fsp3) is 0.552. The number of rotatable bonds is 1. The fourth-order valence-electron chi connectivity index (χ4n) is 2.79. The molecule has 0 bridgehead atoms. The smallest absolute Gasteiger partial charge is 0.204 e. The number of nitrogens with one attached hydrogen (secondary N) is 1. The number of nitrogens with two attached hydrogens (primary N) is 2. The normalized spacial score (nSPS) is 11.3. The first kappa shape index (κ1) is 39.2. The Morgan fingerprint density at radius 3 is 1.95 bits per heavy atom. The number of fused-ring (bicyclic) bond motifs is 1. The Balaban J connectivity index is -0.000000507. The summed E-state index contributed by atoms with van der Waals surface area (Å²) in [5.41, 5.74) is 12.6. The van der Waals surface area contributed by atoms with Crippen LogP contribution in [-0.2, 0) is 27.4 Å². The van der Waals surface area contributed by atoms with Crippen LogP contribution in [0.2, 0.25) is 0 Å². The van der Waals surface area contributed by atoms with Crippen molar-refractivity contribution in [2.24, 2.45) is 16.9 Å². The second-order valence-corrected chi connectivity index (χ2v) is 9.32. The molecule has 1 aromatic carbocycles. The van der Waals surface area contributed by atoms with Crippen LogP contribution < -0.4 is 16.8 Å². The molecule has 0 fully saturated rings. The van der Waals surface area contributed by atoms with Gasteiger partial charge in [0.05, 0.1) is 18.5 Å². The lowest BCUT2D eigenvalue weighted by Crippen LogP contribution is -2.17. The summed E-state index contributed by atoms with van der Waals surface area (Å²) in [6.45, 7) is 16.0. The summed E-state index contributed by atoms with van der Waals surface area (Å²) in [6, 6.07) is 10.5. The molecule has 1 aromatic heterocycles. The maximum atomic E-state index is 8.58. The van der Waals surface area contributed by atoms with Gasteiger partial charge in [-0.3, -0.25) is 9.59 Å². The van der Waals surface area contributed by atoms with Crippen LogP contribution in [0.3, 0.4) is 0 Å². The number of imidazole rings is 1. The third-order valence-electron chi connectivity index (χ3n) is 4.91. The predicted octanol–water partition coefficient (Wildman–Crippen LogP) is 3.79. The summed E-state index contributed by atoms with van der Waals surface area (Å²) in [7, 11) is 7.47. The van der Waals surface area contributed by atoms with Gasteiger partial charge in [-0.25, -0.2) is 4.98 Å². The lowest BCUT2D eigenvalue weighted by atomic mass is 9.94. The number of hydrogen-bond donors (Lipinski definition) is 3. The van der Waals surface area contributed by atoms with E-state index >= 15 is 0 Å². The summed E-state index contributed by atoms with van der Waals surface area (Å²) in [5.74, 6) is 3.67. The second-order valence-electron chi connectivity index (χ2n) is 9.32. The van der Waals surface area contributed by atoms with Crippen LogP contribution in [0.25, 0.3) is 11.4 Å². The highest BCUT2D eigenvalue weighted by atomic mass is 16.5. The zero-order valence-corrected chi connectivity index (χ0v) is 25.3. The third kappa shape index (κ3) is 20.8. The van der Waals surface area contributed by atoms with Crippen LogP contribution in [0.1, 0.15) is 58.8 Å². The molecule has 38 heavy (non-hydrogen) atoms. The van der Waals surface area contributed by atoms with Crippen molar-refractivity contribution in [2.45, 2.75) is 67.5 Å². The molecule has 9 nitrogen and oxygen atoms in total. The first-order chi connectivity index (χ1) is 18.0. The van der Waals surface area contributed by atoms with Crippen LogP contribution in [0, 0.1) is 24.4 Å². The average Bonchev–Trinajstić information content (AvgIpc) is 3.03. The van der Waals surface area contributed by atoms with E-state index in [1.807, 2.05) is 14.1 Å². The van der Waals surface area contributed by atoms with E-state index in [1.54, 1.807) is 6.92 Å². The van der Waals surface area contributed by atoms with Gasteiger partial charge in [0.2, 0.25) is 12.8 Å². The van der Waals surface area contributed by atoms with Gasteiger partial charge in [-0.15, -0.1) is 0 Å². The van der Waals surface area contributed by atoms with E-state index in [0.29, 0.717) is 5.41 Å². The minimum Gasteiger partial charge on any atom is -0.450 e. The molecule has 0 unspecified atom stereocenters. The van der Waals surface area contributed by atoms with E-state index in [1.165, 1.54) is 36.9 Å². The lowest BCUT2D eigenvalue weighted by Gasteiger charge is -2.12. The number of carbonyl (C=O) groups is 2. The van der Waals surface area contributed by atoms with Crippen LogP contribution >= 0.6 is 0 Å². The summed E-state index contributed by atoms with van der Waals surface area (Å²) < 4.78 is 6.73. The van der Waals surface area contributed by atoms with Crippen LogP contribution in [-0.4, -0.2) is 62.1 Å². The first-order valence-electron chi connectivity index (χ1n) is 12.6. The SMILES string of the molecule is CC#COC.CCC(C)(C)C.CNC.Cc1nc(-c2ccccc2)n2c1CN(C)CCC2.NC=O.NC=O. The molecular formula is C29H52N6O3. The van der Waals surface area contributed by atoms with Gasteiger partial charge in [0.25, 0.3) is 0 Å². The Bertz CT molecular complexity index is 891. The highest BCUT2D eigenvalue weighted by Gasteiger charge is 2.19. The maximum Gasteiger partial charge on any atom is 0.204 e. The van der Waals surface area contributed by atoms with Gasteiger partial charge in [-0.05, 0) is 46.4 Å². The number of primary amides is 2. The van der Waals surface area contributed by atoms with Crippen LogP contribution in [0.4, 0.5) is 0 Å². The Morgan fingerprint density at radius 1 is 1.11 bits per heavy atom. The summed E-state index contributed by atoms with van der Waals surface area (Å²) in [5, 5.41) is 2.75. The Labute approximate surface area is 231 Å². The van der Waals surface area contributed by atoms with Gasteiger partial charge < -0.3 is 31.0 Å². The molecule has 2 amide bonds. The maximum absolute atomic E-state index is 8.58. The standard InChI is InChI=1S/C15H19N3.C6H14.C4H6O.C2H7N.2CH3NO/c1-12-14-11-17(2)9-6-10-18(14)15(16-12)13-7-4-3-5-8-13;1-5-6(2,3)4;1-3-4-5-2;1-3-2;2*2-1-3/h3-5,7-8H,6,9-11H2,1-2H3;5H2,1-4H3;1-2H3;3H,1-2H3;2*1H,(H2,2,3). The predicted molar refractivity (Wildman–Crippen MR) is 159 cm³/mol. The Kier molecular flexibility index (Phi) is 26.1. The van der Waals surface area contributed by atoms with Crippen molar-refractivity contribution in [1.29, 1.82) is 0 Å². The topological polar surface area (TPSA) is 128 Å². The van der Waals surface area contributed by atoms with Gasteiger partial charge in [0.1, 0.15) is 11.9 Å². The molecule has 0 spiro atoms. The quantitative estimate of drug-likeness (QED) is 0.379. The summed E-state index contributed by atoms with van der Waals surface area (Å²) in [6.07, 6.45) is 5.33. The minimum atomic E-state index is 0.250. The fourth-order valence-corrected chi connectivity index (χ4v) is 2.79. The largest absolute Gasteiger partial charge is 0.450 e. The van der Waals surface area contributed by atoms with Gasteiger partial charge in [0, 0.05) is 25.6 Å². The molecule has 0 radical (unpaired) electrons. The summed E-state index contributed by atoms with van der Waals surface area (Å²) in [4.78, 5) is 24.3. The molecule has 0 aliphatic carbocycles. The van der Waals surface area contributed by atoms with Crippen molar-refractivity contribution < 1.29 is 14.3 Å². The Morgan fingerprint density at radius 2 is 1.58 bits per heavy atom. The molecule has 0 saturated heterocycles. The molecule has 0 atom stereocenters. The third-order valence-corrected chi connectivity index (χ3v) is 4.91. The van der Waals surface area contributed by atoms with E-state index in [2.05, 4.69) is 115 Å². The monoisotopic (exact) mass is 532 g/mol. The number of carbonyl (C=O) groups excluding carboxylic acids is 2. The zero-order valence-electron chi connectivity index (χ0n) is 25.3. The van der Waals surface area contributed by atoms with Crippen molar-refractivity contribution >= 4 is 12.8 Å². The Hall–Kier alpha value is -3.35. The molecule has 9 heteroatoms. The summed E-state index contributed by atoms with van der Waals surface area (Å²) >= 11 is 0. The molecule has 1 aliphatic rings. The van der Waals surface area contributed by atoms with E-state index in [4.69, 9.17) is 14.6 Å². The van der Waals surface area contributed by atoms with Crippen molar-refractivity contribution in [3.05, 3.63) is 41.7 Å². The molecule has 3 rings (SSSR count). The average molecular weight is 533 g/mol. The van der Waals surface area contributed by atoms with Crippen LogP contribution in [0.15, 0.2) is 30.3 Å². The molecule has 2 heterocycles. The van der Waals surface area contributed by atoms with Gasteiger partial charge in [-0.1, -0.05) is 70.4 Å². The first-order valence-corrected chi connectivity index (χ1v) is 12.6. The second kappa shape index (κ2) is 25.3. The highest BCUT2D eigenvalue weighted by molar-refractivity contribution is 5.56. The number of ether oxygens (including phenoxy) is 1. The van der Waals surface area contributed by atoms with E-state index in [-0.39, 0.29) is 12.8 Å². The number of benzene rings is 1. The zero-order chi connectivity index (χ0) is 30.0. The van der Waals surface area contributed by atoms with Crippen molar-refractivity contribution in [3.63, 3.8) is 0 Å². The van der Waals surface area contributed by atoms with Gasteiger partial charge >= 0.3 is 0 Å². The highest BCUT2D eigenvalue weighted by Crippen LogP contribution is 2.25. The van der Waals surface area contributed by atoms with Gasteiger partial charge in [0.15, 0.2) is 0 Å². The molecule has 2 aromatic rings. The van der Waals surface area contributed by atoms with Crippen molar-refractivity contribution in [1.82, 2.24) is 19.8 Å². The van der Waals surface area contributed by atoms with E-state index in [0.717, 1.165) is 25.5 Å². The number of aromatic nitrogens is 2. The molecule has 216 valence electrons. The van der Waals surface area contributed by atoms with E-state index in [9.17, 15) is 0 Å². The van der Waals surface area contributed by atoms with Crippen molar-refractivity contribution in [3.8, 4) is 23.4 Å². The molecular weight excluding hydrogens is 480 g/mol. The minimum absolute atomic E-state index is 0.250. The van der Waals surface area contributed by atoms with E-state index < -0.39 is 0 Å². The number of aryl methyl sites for hydroxylation is 1. The molecule has 5 N–H and O–H groups in total.